The third-order valence-corrected chi connectivity index (χ3v) is 23.2. The van der Waals surface area contributed by atoms with Crippen LogP contribution in [0.3, 0.4) is 0 Å². The molecule has 26 nitrogen and oxygen atoms in total. The van der Waals surface area contributed by atoms with Crippen molar-refractivity contribution in [2.45, 2.75) is 182 Å². The maximum atomic E-state index is 13.3. The van der Waals surface area contributed by atoms with Gasteiger partial charge in [0.1, 0.15) is 45.8 Å². The molecule has 6 N–H and O–H groups in total. The van der Waals surface area contributed by atoms with Crippen molar-refractivity contribution >= 4 is 128 Å². The van der Waals surface area contributed by atoms with E-state index in [2.05, 4.69) is 81.6 Å². The average Bonchev–Trinajstić information content (AvgIpc) is 1.59. The number of carbonyl (C=O) groups is 10. The number of piperidine rings is 2. The number of benzene rings is 4. The van der Waals surface area contributed by atoms with Crippen molar-refractivity contribution in [1.82, 2.24) is 55.3 Å². The Morgan fingerprint density at radius 2 is 0.982 bits per heavy atom. The van der Waals surface area contributed by atoms with Crippen molar-refractivity contribution in [3.63, 3.8) is 0 Å². The Labute approximate surface area is 648 Å². The van der Waals surface area contributed by atoms with Crippen LogP contribution in [0.1, 0.15) is 214 Å². The van der Waals surface area contributed by atoms with Crippen molar-refractivity contribution in [2.75, 3.05) is 30.3 Å². The molecule has 0 saturated carbocycles. The molecule has 4 aromatic carbocycles. The molecule has 30 heteroatoms. The van der Waals surface area contributed by atoms with E-state index in [1.807, 2.05) is 83.6 Å². The highest BCUT2D eigenvalue weighted by Crippen LogP contribution is 2.43. The number of hydrogen-bond donors (Lipinski definition) is 6. The summed E-state index contributed by atoms with van der Waals surface area (Å²) in [5, 5.41) is 43.9. The molecule has 6 aliphatic rings. The number of hydrogen-bond acceptors (Lipinski definition) is 20. The number of carbonyl (C=O) groups excluding carboxylic acids is 9. The molecule has 6 aliphatic heterocycles. The lowest BCUT2D eigenvalue weighted by Gasteiger charge is -2.29. The van der Waals surface area contributed by atoms with Crippen LogP contribution in [-0.2, 0) is 51.4 Å². The predicted octanol–water partition coefficient (Wildman–Crippen LogP) is 12.0. The number of amides is 7. The molecule has 2 saturated heterocycles. The minimum absolute atomic E-state index is 0.0315. The zero-order valence-corrected chi connectivity index (χ0v) is 64.8. The van der Waals surface area contributed by atoms with Crippen molar-refractivity contribution in [1.29, 1.82) is 0 Å². The minimum Gasteiger partial charge on any atom is -0.481 e. The van der Waals surface area contributed by atoms with E-state index >= 15 is 0 Å². The number of carboxylic acids is 1. The average molecular weight is 1560 g/mol. The van der Waals surface area contributed by atoms with Crippen LogP contribution in [0.5, 0.6) is 0 Å². The maximum Gasteiger partial charge on any atom is 0.306 e. The fraction of sp³-hybridized carbons (Fsp3) is 0.392. The standard InChI is InChI=1S/C39H41ClN8O5S.C21H27N3O4.C19H17ClN4O2S/c1-21-22(2)54-39-34(21)35(24-11-13-25(40)14-12-24)43-30(36-46-45-23(3)48(36)39)18-33(51)41-17-6-4-5-8-26(49)19-42-29-10-7-9-27-28(29)20-47(38(27)53)31-15-16-32(50)44-37(31)52;1-2-3-4-5-7-14(25)12-22-17-9-6-8-15-16(17)13-24(21(15)28)18-10-11-19(26)23-20(18)27;1-9-10(2)27-19-16(9)17(12-4-6-13(20)7-5-12)21-14(8-15(25)26)18-23-22-11(3)24(18)19/h7,9-14,30-31,42H,4-6,8,15-20H2,1-3H3,(H,41,51)(H,44,50,52);6,8-9,18,22H,2-5,7,10-13H2,1H3,(H,23,26,27);4-7,14H,8H2,1-3H3,(H,25,26)/t30-,31?;;14-/m0.0/s1. The zero-order valence-electron chi connectivity index (χ0n) is 61.6. The molecule has 4 aromatic heterocycles. The van der Waals surface area contributed by atoms with Crippen LogP contribution in [0.25, 0.3) is 10.0 Å². The van der Waals surface area contributed by atoms with Gasteiger partial charge in [-0.2, -0.15) is 0 Å². The summed E-state index contributed by atoms with van der Waals surface area (Å²) in [5.74, 6) is -0.238. The Morgan fingerprint density at radius 1 is 0.550 bits per heavy atom. The van der Waals surface area contributed by atoms with E-state index in [-0.39, 0.29) is 92.8 Å². The number of halogens is 2. The van der Waals surface area contributed by atoms with Gasteiger partial charge in [0.2, 0.25) is 29.5 Å². The van der Waals surface area contributed by atoms with Crippen molar-refractivity contribution in [3.05, 3.63) is 184 Å². The lowest BCUT2D eigenvalue weighted by atomic mass is 9.99. The Kier molecular flexibility index (Phi) is 24.7. The highest BCUT2D eigenvalue weighted by Gasteiger charge is 2.42. The number of carboxylic acid groups (broad SMARTS) is 1. The van der Waals surface area contributed by atoms with Crippen molar-refractivity contribution < 1.29 is 53.1 Å². The Hall–Kier alpha value is -10.4. The van der Waals surface area contributed by atoms with E-state index in [9.17, 15) is 53.1 Å². The van der Waals surface area contributed by atoms with E-state index in [1.54, 1.807) is 46.9 Å². The number of Topliss-reactive ketones (excluding diaryl/α,β-unsaturated/α-hetero) is 2. The number of rotatable bonds is 25. The zero-order chi connectivity index (χ0) is 77.5. The molecular formula is C79H85Cl2N15O11S2. The monoisotopic (exact) mass is 1550 g/mol. The van der Waals surface area contributed by atoms with Crippen molar-refractivity contribution in [2.24, 2.45) is 9.98 Å². The Morgan fingerprint density at radius 3 is 1.40 bits per heavy atom. The number of aliphatic imine (C=N–C) groups is 2. The van der Waals surface area contributed by atoms with E-state index in [1.165, 1.54) is 19.6 Å². The number of thiophene rings is 2. The summed E-state index contributed by atoms with van der Waals surface area (Å²) in [6.45, 7) is 15.6. The Bertz CT molecular complexity index is 4980. The largest absolute Gasteiger partial charge is 0.481 e. The summed E-state index contributed by atoms with van der Waals surface area (Å²) in [4.78, 5) is 138. The number of aliphatic carboxylic acids is 1. The van der Waals surface area contributed by atoms with Crippen LogP contribution in [0.15, 0.2) is 94.9 Å². The number of imide groups is 2. The number of ketones is 2. The molecule has 10 heterocycles. The molecule has 8 aromatic rings. The predicted molar refractivity (Wildman–Crippen MR) is 416 cm³/mol. The lowest BCUT2D eigenvalue weighted by Crippen LogP contribution is -2.52. The first kappa shape index (κ1) is 78.2. The molecule has 14 rings (SSSR count). The number of nitrogens with zero attached hydrogens (tertiary/aromatic N) is 10. The molecule has 7 amide bonds. The van der Waals surface area contributed by atoms with Gasteiger partial charge < -0.3 is 30.9 Å². The molecule has 0 bridgehead atoms. The lowest BCUT2D eigenvalue weighted by molar-refractivity contribution is -0.138. The molecule has 568 valence electrons. The number of nitrogens with one attached hydrogen (secondary N) is 5. The summed E-state index contributed by atoms with van der Waals surface area (Å²) in [6, 6.07) is 23.2. The molecule has 2 fully saturated rings. The molecule has 0 spiro atoms. The van der Waals surface area contributed by atoms with Gasteiger partial charge in [-0.05, 0) is 133 Å². The van der Waals surface area contributed by atoms with Gasteiger partial charge in [-0.1, -0.05) is 92.2 Å². The van der Waals surface area contributed by atoms with Gasteiger partial charge in [-0.15, -0.1) is 43.1 Å². The molecule has 109 heavy (non-hydrogen) atoms. The first-order valence-electron chi connectivity index (χ1n) is 36.6. The van der Waals surface area contributed by atoms with Gasteiger partial charge in [0.05, 0.1) is 37.4 Å². The summed E-state index contributed by atoms with van der Waals surface area (Å²) < 4.78 is 3.97. The molecule has 2 unspecified atom stereocenters. The highest BCUT2D eigenvalue weighted by atomic mass is 35.5. The summed E-state index contributed by atoms with van der Waals surface area (Å²) in [5.41, 5.74) is 11.6. The van der Waals surface area contributed by atoms with Crippen LogP contribution in [0.2, 0.25) is 10.0 Å². The fourth-order valence-corrected chi connectivity index (χ4v) is 17.0. The van der Waals surface area contributed by atoms with E-state index in [4.69, 9.17) is 33.2 Å². The van der Waals surface area contributed by atoms with Gasteiger partial charge in [-0.3, -0.25) is 77.7 Å². The van der Waals surface area contributed by atoms with Crippen LogP contribution < -0.4 is 26.6 Å². The summed E-state index contributed by atoms with van der Waals surface area (Å²) >= 11 is 15.6. The molecule has 4 atom stereocenters. The normalized spacial score (nSPS) is 17.5. The first-order valence-corrected chi connectivity index (χ1v) is 39.0. The fourth-order valence-electron chi connectivity index (χ4n) is 14.3. The number of aromatic nitrogens is 6. The highest BCUT2D eigenvalue weighted by molar-refractivity contribution is 7.15. The van der Waals surface area contributed by atoms with E-state index < -0.39 is 42.0 Å². The molecule has 0 aliphatic carbocycles. The summed E-state index contributed by atoms with van der Waals surface area (Å²) in [6.07, 6.45) is 8.33. The third kappa shape index (κ3) is 17.4. The quantitative estimate of drug-likeness (QED) is 0.0229. The first-order chi connectivity index (χ1) is 52.4. The number of anilines is 2. The second kappa shape index (κ2) is 34.4. The number of aryl methyl sites for hydroxylation is 4. The van der Waals surface area contributed by atoms with Crippen molar-refractivity contribution in [3.8, 4) is 10.0 Å². The third-order valence-electron chi connectivity index (χ3n) is 20.3. The van der Waals surface area contributed by atoms with Gasteiger partial charge in [0.15, 0.2) is 23.2 Å². The summed E-state index contributed by atoms with van der Waals surface area (Å²) in [7, 11) is 0. The topological polar surface area (TPSA) is 344 Å². The van der Waals surface area contributed by atoms with E-state index in [0.717, 1.165) is 115 Å². The van der Waals surface area contributed by atoms with Crippen LogP contribution in [-0.4, -0.2) is 146 Å². The second-order valence-corrected chi connectivity index (χ2v) is 31.1. The van der Waals surface area contributed by atoms with Gasteiger partial charge >= 0.3 is 5.97 Å². The van der Waals surface area contributed by atoms with Crippen LogP contribution >= 0.6 is 45.9 Å². The van der Waals surface area contributed by atoms with Crippen LogP contribution in [0, 0.1) is 41.5 Å². The number of unbranched alkanes of at least 4 members (excludes halogenated alkanes) is 5. The second-order valence-electron chi connectivity index (χ2n) is 27.8. The molecule has 0 radical (unpaired) electrons. The molecular weight excluding hydrogens is 1470 g/mol. The minimum atomic E-state index is -0.926. The van der Waals surface area contributed by atoms with Gasteiger partial charge in [0, 0.05) is 121 Å². The maximum absolute atomic E-state index is 13.3. The van der Waals surface area contributed by atoms with Crippen LogP contribution in [0.4, 0.5) is 11.4 Å². The van der Waals surface area contributed by atoms with E-state index in [0.29, 0.717) is 83.7 Å². The van der Waals surface area contributed by atoms with Gasteiger partial charge in [-0.25, -0.2) is 0 Å². The number of fused-ring (bicyclic) bond motifs is 8. The smallest absolute Gasteiger partial charge is 0.306 e. The Balaban J connectivity index is 0.000000169. The SMILES string of the molecule is CCCCCCC(=O)CNc1cccc2c1CN(C1CCC(=O)NC1=O)C2=O.Cc1sc2c(c1C)C(c1ccc(Cl)cc1)=N[C@@H](CC(=O)NCCCCCC(=O)CNc1cccc3c1CN(C1CCC(=O)NC1=O)C3=O)c1nnc(C)n1-2.Cc1sc2c(c1C)C(c1ccc(Cl)cc1)=N[C@@H](CC(=O)O)c1nnc(C)n1-2. The van der Waals surface area contributed by atoms with Gasteiger partial charge in [0.25, 0.3) is 11.8 Å².